The molecule has 21 heavy (non-hydrogen) atoms. The van der Waals surface area contributed by atoms with Gasteiger partial charge in [-0.1, -0.05) is 12.1 Å². The number of rotatable bonds is 3. The number of hydrogen-bond acceptors (Lipinski definition) is 4. The second-order valence-corrected chi connectivity index (χ2v) is 4.98. The zero-order valence-corrected chi connectivity index (χ0v) is 12.6. The van der Waals surface area contributed by atoms with E-state index in [9.17, 15) is 4.79 Å². The summed E-state index contributed by atoms with van der Waals surface area (Å²) in [5, 5.41) is 14.1. The highest BCUT2D eigenvalue weighted by molar-refractivity contribution is 5.95. The minimum absolute atomic E-state index is 0. The molecule has 1 aromatic carbocycles. The van der Waals surface area contributed by atoms with Crippen LogP contribution < -0.4 is 10.6 Å². The smallest absolute Gasteiger partial charge is 0.241 e. The highest BCUT2D eigenvalue weighted by atomic mass is 35.5. The predicted octanol–water partition coefficient (Wildman–Crippen LogP) is 1.59. The zero-order valence-electron chi connectivity index (χ0n) is 11.7. The molecule has 6 nitrogen and oxygen atoms in total. The Hall–Kier alpha value is -1.92. The van der Waals surface area contributed by atoms with Crippen molar-refractivity contribution in [1.82, 2.24) is 20.1 Å². The summed E-state index contributed by atoms with van der Waals surface area (Å²) in [6.07, 6.45) is 3.61. The number of anilines is 1. The Kier molecular flexibility index (Phi) is 4.93. The molecule has 1 unspecified atom stereocenters. The molecule has 1 aliphatic heterocycles. The summed E-state index contributed by atoms with van der Waals surface area (Å²) in [5.41, 5.74) is 1.71. The first kappa shape index (κ1) is 15.5. The van der Waals surface area contributed by atoms with E-state index in [2.05, 4.69) is 20.8 Å². The Bertz CT molecular complexity index is 621. The second kappa shape index (κ2) is 6.69. The van der Waals surface area contributed by atoms with Gasteiger partial charge in [-0.3, -0.25) is 4.79 Å². The molecule has 2 heterocycles. The van der Waals surface area contributed by atoms with Crippen LogP contribution in [0.3, 0.4) is 0 Å². The van der Waals surface area contributed by atoms with Crippen LogP contribution in [0.1, 0.15) is 12.8 Å². The van der Waals surface area contributed by atoms with E-state index in [4.69, 9.17) is 0 Å². The number of hydrogen-bond donors (Lipinski definition) is 2. The third-order valence-electron chi connectivity index (χ3n) is 3.48. The van der Waals surface area contributed by atoms with Gasteiger partial charge in [0.05, 0.1) is 6.04 Å². The molecule has 0 radical (unpaired) electrons. The van der Waals surface area contributed by atoms with Crippen molar-refractivity contribution in [3.8, 4) is 11.4 Å². The van der Waals surface area contributed by atoms with Crippen molar-refractivity contribution >= 4 is 24.0 Å². The Balaban J connectivity index is 0.00000161. The van der Waals surface area contributed by atoms with Gasteiger partial charge in [-0.2, -0.15) is 0 Å². The van der Waals surface area contributed by atoms with E-state index in [0.29, 0.717) is 0 Å². The van der Waals surface area contributed by atoms with E-state index >= 15 is 0 Å². The first-order valence-corrected chi connectivity index (χ1v) is 6.73. The van der Waals surface area contributed by atoms with Crippen LogP contribution in [0.25, 0.3) is 11.4 Å². The zero-order chi connectivity index (χ0) is 13.9. The topological polar surface area (TPSA) is 71.8 Å². The molecule has 1 amide bonds. The Labute approximate surface area is 129 Å². The first-order chi connectivity index (χ1) is 9.74. The number of halogens is 1. The molecule has 2 aromatic rings. The van der Waals surface area contributed by atoms with Crippen LogP contribution in [0.2, 0.25) is 0 Å². The maximum atomic E-state index is 12.1. The fourth-order valence-electron chi connectivity index (χ4n) is 2.42. The van der Waals surface area contributed by atoms with Gasteiger partial charge in [-0.25, -0.2) is 0 Å². The molecule has 2 N–H and O–H groups in total. The summed E-state index contributed by atoms with van der Waals surface area (Å²) in [6, 6.07) is 7.58. The maximum Gasteiger partial charge on any atom is 0.241 e. The highest BCUT2D eigenvalue weighted by Crippen LogP contribution is 2.20. The normalized spacial score (nSPS) is 17.3. The lowest BCUT2D eigenvalue weighted by Gasteiger charge is -2.11. The molecule has 1 aliphatic rings. The number of aryl methyl sites for hydroxylation is 1. The third kappa shape index (κ3) is 3.40. The van der Waals surface area contributed by atoms with Crippen molar-refractivity contribution in [3.05, 3.63) is 30.6 Å². The number of benzene rings is 1. The standard InChI is InChI=1S/C14H17N5O.ClH/c1-19-9-16-18-13(19)10-4-2-5-11(8-10)17-14(20)12-6-3-7-15-12;/h2,4-5,8-9,12,15H,3,6-7H2,1H3,(H,17,20);1H. The van der Waals surface area contributed by atoms with Crippen molar-refractivity contribution in [2.45, 2.75) is 18.9 Å². The lowest BCUT2D eigenvalue weighted by Crippen LogP contribution is -2.35. The number of nitrogens with zero attached hydrogens (tertiary/aromatic N) is 3. The molecule has 1 saturated heterocycles. The molecule has 112 valence electrons. The summed E-state index contributed by atoms with van der Waals surface area (Å²) in [4.78, 5) is 12.1. The fraction of sp³-hybridized carbons (Fsp3) is 0.357. The molecular formula is C14H18ClN5O. The number of carbonyl (C=O) groups is 1. The summed E-state index contributed by atoms with van der Waals surface area (Å²) in [6.45, 7) is 0.914. The predicted molar refractivity (Wildman–Crippen MR) is 83.3 cm³/mol. The average molecular weight is 308 g/mol. The molecule has 1 atom stereocenters. The number of nitrogens with one attached hydrogen (secondary N) is 2. The minimum atomic E-state index is -0.0755. The molecule has 1 fully saturated rings. The number of aromatic nitrogens is 3. The summed E-state index contributed by atoms with van der Waals surface area (Å²) in [7, 11) is 1.89. The second-order valence-electron chi connectivity index (χ2n) is 4.98. The lowest BCUT2D eigenvalue weighted by molar-refractivity contribution is -0.117. The van der Waals surface area contributed by atoms with Crippen LogP contribution in [-0.2, 0) is 11.8 Å². The first-order valence-electron chi connectivity index (χ1n) is 6.73. The summed E-state index contributed by atoms with van der Waals surface area (Å²) < 4.78 is 1.85. The monoisotopic (exact) mass is 307 g/mol. The molecule has 7 heteroatoms. The fourth-order valence-corrected chi connectivity index (χ4v) is 2.42. The van der Waals surface area contributed by atoms with E-state index in [1.165, 1.54) is 0 Å². The minimum Gasteiger partial charge on any atom is -0.325 e. The molecule has 3 rings (SSSR count). The maximum absolute atomic E-state index is 12.1. The van der Waals surface area contributed by atoms with Gasteiger partial charge < -0.3 is 15.2 Å². The molecule has 0 bridgehead atoms. The number of carbonyl (C=O) groups excluding carboxylic acids is 1. The summed E-state index contributed by atoms with van der Waals surface area (Å²) in [5.74, 6) is 0.803. The Morgan fingerprint density at radius 3 is 3.00 bits per heavy atom. The van der Waals surface area contributed by atoms with E-state index < -0.39 is 0 Å². The molecule has 0 saturated carbocycles. The van der Waals surface area contributed by atoms with Gasteiger partial charge in [0, 0.05) is 18.3 Å². The van der Waals surface area contributed by atoms with Crippen molar-refractivity contribution in [3.63, 3.8) is 0 Å². The van der Waals surface area contributed by atoms with Gasteiger partial charge in [0.15, 0.2) is 5.82 Å². The van der Waals surface area contributed by atoms with Crippen molar-refractivity contribution in [2.75, 3.05) is 11.9 Å². The van der Waals surface area contributed by atoms with Crippen LogP contribution in [-0.4, -0.2) is 33.3 Å². The van der Waals surface area contributed by atoms with E-state index in [1.54, 1.807) is 6.33 Å². The van der Waals surface area contributed by atoms with Gasteiger partial charge in [0.25, 0.3) is 0 Å². The summed E-state index contributed by atoms with van der Waals surface area (Å²) >= 11 is 0. The largest absolute Gasteiger partial charge is 0.325 e. The molecule has 1 aromatic heterocycles. The van der Waals surface area contributed by atoms with Crippen molar-refractivity contribution in [2.24, 2.45) is 7.05 Å². The van der Waals surface area contributed by atoms with Gasteiger partial charge in [-0.15, -0.1) is 22.6 Å². The lowest BCUT2D eigenvalue weighted by atomic mass is 10.1. The van der Waals surface area contributed by atoms with Crippen LogP contribution in [0.5, 0.6) is 0 Å². The highest BCUT2D eigenvalue weighted by Gasteiger charge is 2.21. The van der Waals surface area contributed by atoms with Crippen molar-refractivity contribution < 1.29 is 4.79 Å². The van der Waals surface area contributed by atoms with Crippen LogP contribution in [0, 0.1) is 0 Å². The van der Waals surface area contributed by atoms with Gasteiger partial charge >= 0.3 is 0 Å². The van der Waals surface area contributed by atoms with Crippen LogP contribution in [0.4, 0.5) is 5.69 Å². The number of amides is 1. The Morgan fingerprint density at radius 2 is 2.33 bits per heavy atom. The average Bonchev–Trinajstić information content (AvgIpc) is 3.10. The van der Waals surface area contributed by atoms with E-state index in [1.807, 2.05) is 35.9 Å². The molecule has 0 aliphatic carbocycles. The molecule has 0 spiro atoms. The molecular weight excluding hydrogens is 290 g/mol. The Morgan fingerprint density at radius 1 is 1.48 bits per heavy atom. The van der Waals surface area contributed by atoms with Gasteiger partial charge in [0.2, 0.25) is 5.91 Å². The van der Waals surface area contributed by atoms with E-state index in [0.717, 1.165) is 36.5 Å². The van der Waals surface area contributed by atoms with Gasteiger partial charge in [0.1, 0.15) is 6.33 Å². The SMILES string of the molecule is Cl.Cn1cnnc1-c1cccc(NC(=O)C2CCCN2)c1. The third-order valence-corrected chi connectivity index (χ3v) is 3.48. The van der Waals surface area contributed by atoms with Crippen LogP contribution in [0.15, 0.2) is 30.6 Å². The van der Waals surface area contributed by atoms with Crippen molar-refractivity contribution in [1.29, 1.82) is 0 Å². The van der Waals surface area contributed by atoms with Gasteiger partial charge in [-0.05, 0) is 31.5 Å². The van der Waals surface area contributed by atoms with Crippen LogP contribution >= 0.6 is 12.4 Å². The van der Waals surface area contributed by atoms with E-state index in [-0.39, 0.29) is 24.4 Å². The quantitative estimate of drug-likeness (QED) is 0.903.